The average Bonchev–Trinajstić information content (AvgIpc) is 4.05. The number of fused-ring (bicyclic) bond motifs is 9. The van der Waals surface area contributed by atoms with Crippen LogP contribution in [0, 0.1) is 0 Å². The molecule has 13 rings (SSSR count). The van der Waals surface area contributed by atoms with Crippen LogP contribution in [0.5, 0.6) is 0 Å². The molecule has 2 aliphatic rings. The summed E-state index contributed by atoms with van der Waals surface area (Å²) in [4.78, 5) is 12.8. The summed E-state index contributed by atoms with van der Waals surface area (Å²) in [5.74, 6) is 0.810. The molecule has 0 bridgehead atoms. The lowest BCUT2D eigenvalue weighted by Crippen LogP contribution is -2.40. The van der Waals surface area contributed by atoms with Crippen LogP contribution >= 0.6 is 11.8 Å². The van der Waals surface area contributed by atoms with Crippen LogP contribution in [-0.2, 0) is 0 Å². The molecule has 8 aromatic carbocycles. The molecule has 0 fully saturated rings. The molecule has 5 heterocycles. The Morgan fingerprint density at radius 2 is 1.05 bits per heavy atom. The quantitative estimate of drug-likeness (QED) is 0.188. The molecule has 1 unspecified atom stereocenters. The lowest BCUT2D eigenvalue weighted by atomic mass is 9.98. The summed E-state index contributed by atoms with van der Waals surface area (Å²) in [5, 5.41) is 11.1. The van der Waals surface area contributed by atoms with Crippen molar-refractivity contribution in [2.75, 3.05) is 0 Å². The molecular weight excluding hydrogens is 787 g/mol. The fourth-order valence-electron chi connectivity index (χ4n) is 9.71. The molecule has 0 spiro atoms. The maximum absolute atomic E-state index is 5.51. The van der Waals surface area contributed by atoms with Crippen molar-refractivity contribution in [2.45, 2.75) is 6.04 Å². The Kier molecular flexibility index (Phi) is 8.14. The lowest BCUT2D eigenvalue weighted by Gasteiger charge is -2.25. The summed E-state index contributed by atoms with van der Waals surface area (Å²) >= 11 is 1.81. The van der Waals surface area contributed by atoms with Gasteiger partial charge in [-0.15, -0.1) is 0 Å². The number of nitrogens with zero attached hydrogens (tertiary/aromatic N) is 4. The van der Waals surface area contributed by atoms with Crippen LogP contribution in [0.4, 0.5) is 0 Å². The number of aliphatic imine (C=N–C) groups is 1. The van der Waals surface area contributed by atoms with E-state index in [1.807, 2.05) is 24.2 Å². The maximum atomic E-state index is 5.51. The summed E-state index contributed by atoms with van der Waals surface area (Å²) < 4.78 is 4.69. The zero-order chi connectivity index (χ0) is 41.4. The molecular formula is C57H37N5S. The fourth-order valence-corrected chi connectivity index (χ4v) is 10.9. The van der Waals surface area contributed by atoms with Gasteiger partial charge in [0.15, 0.2) is 0 Å². The molecule has 3 aromatic heterocycles. The summed E-state index contributed by atoms with van der Waals surface area (Å²) in [7, 11) is 0. The van der Waals surface area contributed by atoms with E-state index in [0.717, 1.165) is 56.2 Å². The molecule has 11 aromatic rings. The second kappa shape index (κ2) is 14.3. The zero-order valence-electron chi connectivity index (χ0n) is 34.0. The molecule has 1 N–H and O–H groups in total. The Morgan fingerprint density at radius 3 is 1.81 bits per heavy atom. The third kappa shape index (κ3) is 5.79. The van der Waals surface area contributed by atoms with E-state index < -0.39 is 0 Å². The van der Waals surface area contributed by atoms with Gasteiger partial charge in [-0.05, 0) is 88.1 Å². The largest absolute Gasteiger partial charge is 0.344 e. The van der Waals surface area contributed by atoms with Gasteiger partial charge in [-0.1, -0.05) is 151 Å². The van der Waals surface area contributed by atoms with Gasteiger partial charge in [0.2, 0.25) is 5.96 Å². The molecule has 63 heavy (non-hydrogen) atoms. The summed E-state index contributed by atoms with van der Waals surface area (Å²) in [5.41, 5.74) is 13.4. The standard InChI is InChI=1S/C57H37N5S/c1-4-15-37(16-5-1)53-33-48-56(63-53)55(38-17-6-2-7-18-38)60-57(59-48)62-51-28-26-40(32-47(51)54-44-21-11-10-14-36(44)24-29-52(54)62)42-30-41(34-58-35-42)39-25-27-50-46(31-39)45-22-12-13-23-49(45)61(50)43-19-8-3-9-20-43/h1-35,48H,(H,59,60). The molecule has 0 aliphatic carbocycles. The Hall–Kier alpha value is -7.93. The number of benzene rings is 8. The van der Waals surface area contributed by atoms with Gasteiger partial charge in [-0.3, -0.25) is 9.55 Å². The number of pyridine rings is 1. The van der Waals surface area contributed by atoms with E-state index in [4.69, 9.17) is 9.98 Å². The van der Waals surface area contributed by atoms with E-state index in [-0.39, 0.29) is 6.04 Å². The molecule has 296 valence electrons. The van der Waals surface area contributed by atoms with Crippen LogP contribution in [-0.4, -0.2) is 26.1 Å². The summed E-state index contributed by atoms with van der Waals surface area (Å²) in [6.45, 7) is 0. The molecule has 2 aliphatic heterocycles. The van der Waals surface area contributed by atoms with Crippen LogP contribution in [0.25, 0.3) is 92.9 Å². The van der Waals surface area contributed by atoms with Crippen molar-refractivity contribution in [1.29, 1.82) is 0 Å². The number of rotatable bonds is 5. The Labute approximate surface area is 368 Å². The van der Waals surface area contributed by atoms with Gasteiger partial charge >= 0.3 is 0 Å². The second-order valence-electron chi connectivity index (χ2n) is 16.3. The van der Waals surface area contributed by atoms with Crippen LogP contribution in [0.2, 0.25) is 0 Å². The molecule has 1 atom stereocenters. The van der Waals surface area contributed by atoms with Crippen LogP contribution in [0.3, 0.4) is 0 Å². The van der Waals surface area contributed by atoms with Gasteiger partial charge in [0.1, 0.15) is 0 Å². The lowest BCUT2D eigenvalue weighted by molar-refractivity contribution is 0.835. The summed E-state index contributed by atoms with van der Waals surface area (Å²) in [6, 6.07) is 69.6. The van der Waals surface area contributed by atoms with Crippen LogP contribution < -0.4 is 5.32 Å². The Balaban J connectivity index is 0.958. The van der Waals surface area contributed by atoms with Gasteiger partial charge in [0.05, 0.1) is 33.8 Å². The highest BCUT2D eigenvalue weighted by Crippen LogP contribution is 2.48. The van der Waals surface area contributed by atoms with Crippen molar-refractivity contribution in [2.24, 2.45) is 4.99 Å². The first-order chi connectivity index (χ1) is 31.2. The van der Waals surface area contributed by atoms with Crippen molar-refractivity contribution in [3.8, 4) is 27.9 Å². The van der Waals surface area contributed by atoms with Gasteiger partial charge in [-0.25, -0.2) is 4.99 Å². The number of thioether (sulfide) groups is 1. The highest BCUT2D eigenvalue weighted by Gasteiger charge is 2.33. The molecule has 6 heteroatoms. The highest BCUT2D eigenvalue weighted by molar-refractivity contribution is 8.12. The second-order valence-corrected chi connectivity index (χ2v) is 17.3. The van der Waals surface area contributed by atoms with Crippen molar-refractivity contribution in [1.82, 2.24) is 19.4 Å². The first-order valence-electron chi connectivity index (χ1n) is 21.3. The number of nitrogens with one attached hydrogen (secondary N) is 1. The molecule has 0 radical (unpaired) electrons. The number of aromatic nitrogens is 3. The van der Waals surface area contributed by atoms with E-state index in [9.17, 15) is 0 Å². The van der Waals surface area contributed by atoms with E-state index in [1.54, 1.807) is 0 Å². The molecule has 0 amide bonds. The van der Waals surface area contributed by atoms with E-state index in [0.29, 0.717) is 0 Å². The smallest absolute Gasteiger partial charge is 0.209 e. The first-order valence-corrected chi connectivity index (χ1v) is 22.2. The number of para-hydroxylation sites is 2. The monoisotopic (exact) mass is 823 g/mol. The van der Waals surface area contributed by atoms with Gasteiger partial charge in [-0.2, -0.15) is 0 Å². The predicted octanol–water partition coefficient (Wildman–Crippen LogP) is 14.1. The van der Waals surface area contributed by atoms with Crippen LogP contribution in [0.15, 0.2) is 222 Å². The first kappa shape index (κ1) is 35.8. The average molecular weight is 824 g/mol. The Bertz CT molecular complexity index is 3730. The minimum absolute atomic E-state index is 0.0249. The molecule has 0 saturated carbocycles. The molecule has 5 nitrogen and oxygen atoms in total. The maximum Gasteiger partial charge on any atom is 0.209 e. The van der Waals surface area contributed by atoms with Gasteiger partial charge in [0, 0.05) is 66.1 Å². The van der Waals surface area contributed by atoms with Gasteiger partial charge in [0.25, 0.3) is 0 Å². The van der Waals surface area contributed by atoms with Gasteiger partial charge < -0.3 is 9.88 Å². The topological polar surface area (TPSA) is 47.1 Å². The van der Waals surface area contributed by atoms with E-state index in [1.165, 1.54) is 58.7 Å². The van der Waals surface area contributed by atoms with Crippen molar-refractivity contribution >= 4 is 82.7 Å². The minimum Gasteiger partial charge on any atom is -0.344 e. The predicted molar refractivity (Wildman–Crippen MR) is 265 cm³/mol. The third-order valence-corrected chi connectivity index (χ3v) is 13.9. The minimum atomic E-state index is -0.0249. The zero-order valence-corrected chi connectivity index (χ0v) is 34.8. The summed E-state index contributed by atoms with van der Waals surface area (Å²) in [6.07, 6.45) is 6.33. The number of hydrogen-bond acceptors (Lipinski definition) is 4. The van der Waals surface area contributed by atoms with Crippen molar-refractivity contribution in [3.05, 3.63) is 229 Å². The number of hydrogen-bond donors (Lipinski definition) is 1. The van der Waals surface area contributed by atoms with Crippen molar-refractivity contribution < 1.29 is 0 Å². The Morgan fingerprint density at radius 1 is 0.444 bits per heavy atom. The SMILES string of the molecule is C1=C(c2ccccc2)SC2=C(c3ccccc3)N=C(n3c4ccc(-c5cncc(-c6ccc7c(c6)c6ccccc6n7-c6ccccc6)c5)cc4c4c5ccccc5ccc43)NC12. The van der Waals surface area contributed by atoms with Crippen LogP contribution in [0.1, 0.15) is 11.1 Å². The van der Waals surface area contributed by atoms with E-state index >= 15 is 0 Å². The van der Waals surface area contributed by atoms with Crippen molar-refractivity contribution in [3.63, 3.8) is 0 Å². The normalized spacial score (nSPS) is 15.0. The highest BCUT2D eigenvalue weighted by atomic mass is 32.2. The molecule has 0 saturated heterocycles. The fraction of sp³-hybridized carbons (Fsp3) is 0.0175. The third-order valence-electron chi connectivity index (χ3n) is 12.6. The van der Waals surface area contributed by atoms with E-state index in [2.05, 4.69) is 215 Å².